The lowest BCUT2D eigenvalue weighted by molar-refractivity contribution is 0.0857. The zero-order valence-electron chi connectivity index (χ0n) is 10.5. The maximum absolute atomic E-state index is 13.9. The van der Waals surface area contributed by atoms with Crippen LogP contribution < -0.4 is 10.1 Å². The van der Waals surface area contributed by atoms with Crippen LogP contribution >= 0.6 is 0 Å². The predicted octanol–water partition coefficient (Wildman–Crippen LogP) is 1.74. The average Bonchev–Trinajstić information content (AvgIpc) is 2.30. The van der Waals surface area contributed by atoms with Gasteiger partial charge in [-0.15, -0.1) is 0 Å². The number of aromatic nitrogens is 1. The first-order valence-electron chi connectivity index (χ1n) is 5.68. The second-order valence-corrected chi connectivity index (χ2v) is 3.75. The van der Waals surface area contributed by atoms with Crippen LogP contribution in [0, 0.1) is 5.82 Å². The van der Waals surface area contributed by atoms with E-state index in [-0.39, 0.29) is 12.0 Å². The third kappa shape index (κ3) is 4.28. The van der Waals surface area contributed by atoms with Crippen molar-refractivity contribution in [3.8, 4) is 5.88 Å². The molecule has 17 heavy (non-hydrogen) atoms. The van der Waals surface area contributed by atoms with Crippen LogP contribution in [0.4, 0.5) is 4.39 Å². The molecule has 1 atom stereocenters. The number of methoxy groups -OCH3 is 1. The number of nitrogens with zero attached hydrogens (tertiary/aromatic N) is 1. The molecule has 4 nitrogen and oxygen atoms in total. The minimum Gasteiger partial charge on any atom is -0.470 e. The molecule has 0 saturated carbocycles. The number of pyridine rings is 1. The van der Waals surface area contributed by atoms with E-state index < -0.39 is 5.82 Å². The highest BCUT2D eigenvalue weighted by atomic mass is 19.1. The molecule has 1 aromatic rings. The van der Waals surface area contributed by atoms with Crippen molar-refractivity contribution in [1.29, 1.82) is 0 Å². The summed E-state index contributed by atoms with van der Waals surface area (Å²) in [6.07, 6.45) is 1.32. The van der Waals surface area contributed by atoms with Crippen LogP contribution in [0.25, 0.3) is 0 Å². The number of ether oxygens (including phenoxy) is 2. The second-order valence-electron chi connectivity index (χ2n) is 3.75. The summed E-state index contributed by atoms with van der Waals surface area (Å²) >= 11 is 0. The Morgan fingerprint density at radius 1 is 1.53 bits per heavy atom. The Kier molecular flexibility index (Phi) is 5.86. The SMILES string of the molecule is CCNCc1ccnc(OC(C)COC)c1F. The Morgan fingerprint density at radius 3 is 2.94 bits per heavy atom. The molecule has 0 fully saturated rings. The fourth-order valence-corrected chi connectivity index (χ4v) is 1.40. The monoisotopic (exact) mass is 242 g/mol. The lowest BCUT2D eigenvalue weighted by Gasteiger charge is -2.14. The molecule has 1 heterocycles. The maximum Gasteiger partial charge on any atom is 0.251 e. The third-order valence-electron chi connectivity index (χ3n) is 2.22. The molecule has 0 spiro atoms. The van der Waals surface area contributed by atoms with Gasteiger partial charge in [0.05, 0.1) is 6.61 Å². The smallest absolute Gasteiger partial charge is 0.251 e. The van der Waals surface area contributed by atoms with Gasteiger partial charge in [-0.05, 0) is 19.5 Å². The summed E-state index contributed by atoms with van der Waals surface area (Å²) in [5.74, 6) is -0.374. The number of hydrogen-bond donors (Lipinski definition) is 1. The first-order chi connectivity index (χ1) is 8.19. The molecule has 0 radical (unpaired) electrons. The molecule has 0 saturated heterocycles. The molecule has 0 aliphatic carbocycles. The highest BCUT2D eigenvalue weighted by Gasteiger charge is 2.13. The first kappa shape index (κ1) is 13.9. The summed E-state index contributed by atoms with van der Waals surface area (Å²) in [4.78, 5) is 3.89. The van der Waals surface area contributed by atoms with Gasteiger partial charge in [0.15, 0.2) is 5.82 Å². The molecule has 0 aromatic carbocycles. The lowest BCUT2D eigenvalue weighted by atomic mass is 10.2. The number of hydrogen-bond acceptors (Lipinski definition) is 4. The van der Waals surface area contributed by atoms with Crippen molar-refractivity contribution in [2.24, 2.45) is 0 Å². The van der Waals surface area contributed by atoms with E-state index in [1.165, 1.54) is 0 Å². The molecule has 96 valence electrons. The molecule has 1 rings (SSSR count). The van der Waals surface area contributed by atoms with Crippen LogP contribution in [0.3, 0.4) is 0 Å². The fraction of sp³-hybridized carbons (Fsp3) is 0.583. The van der Waals surface area contributed by atoms with Gasteiger partial charge in [-0.25, -0.2) is 9.37 Å². The number of halogens is 1. The van der Waals surface area contributed by atoms with Crippen LogP contribution in [0.1, 0.15) is 19.4 Å². The Hall–Kier alpha value is -1.20. The molecule has 1 N–H and O–H groups in total. The molecule has 0 aliphatic rings. The van der Waals surface area contributed by atoms with E-state index in [1.54, 1.807) is 19.4 Å². The molecule has 1 unspecified atom stereocenters. The van der Waals surface area contributed by atoms with Crippen LogP contribution in [-0.4, -0.2) is 31.3 Å². The summed E-state index contributed by atoms with van der Waals surface area (Å²) in [7, 11) is 1.57. The van der Waals surface area contributed by atoms with Gasteiger partial charge >= 0.3 is 0 Å². The predicted molar refractivity (Wildman–Crippen MR) is 63.5 cm³/mol. The third-order valence-corrected chi connectivity index (χ3v) is 2.22. The average molecular weight is 242 g/mol. The van der Waals surface area contributed by atoms with E-state index >= 15 is 0 Å². The molecule has 0 bridgehead atoms. The topological polar surface area (TPSA) is 43.4 Å². The van der Waals surface area contributed by atoms with Crippen molar-refractivity contribution in [3.05, 3.63) is 23.6 Å². The Balaban J connectivity index is 2.72. The highest BCUT2D eigenvalue weighted by molar-refractivity contribution is 5.23. The number of nitrogens with one attached hydrogen (secondary N) is 1. The van der Waals surface area contributed by atoms with Gasteiger partial charge in [-0.1, -0.05) is 6.92 Å². The van der Waals surface area contributed by atoms with Crippen molar-refractivity contribution in [3.63, 3.8) is 0 Å². The van der Waals surface area contributed by atoms with Gasteiger partial charge in [0.2, 0.25) is 0 Å². The van der Waals surface area contributed by atoms with Gasteiger partial charge in [0, 0.05) is 25.4 Å². The molecular weight excluding hydrogens is 223 g/mol. The van der Waals surface area contributed by atoms with Crippen molar-refractivity contribution >= 4 is 0 Å². The van der Waals surface area contributed by atoms with Crippen molar-refractivity contribution in [2.45, 2.75) is 26.5 Å². The largest absolute Gasteiger partial charge is 0.470 e. The Morgan fingerprint density at radius 2 is 2.29 bits per heavy atom. The quantitative estimate of drug-likeness (QED) is 0.791. The Labute approximate surface area is 101 Å². The van der Waals surface area contributed by atoms with E-state index in [0.717, 1.165) is 6.54 Å². The number of rotatable bonds is 7. The first-order valence-corrected chi connectivity index (χ1v) is 5.68. The van der Waals surface area contributed by atoms with E-state index in [9.17, 15) is 4.39 Å². The molecule has 1 aromatic heterocycles. The van der Waals surface area contributed by atoms with Gasteiger partial charge in [-0.2, -0.15) is 0 Å². The van der Waals surface area contributed by atoms with Gasteiger partial charge < -0.3 is 14.8 Å². The van der Waals surface area contributed by atoms with E-state index in [4.69, 9.17) is 9.47 Å². The molecular formula is C12H19FN2O2. The summed E-state index contributed by atoms with van der Waals surface area (Å²) in [6.45, 7) is 5.44. The van der Waals surface area contributed by atoms with Gasteiger partial charge in [0.1, 0.15) is 6.10 Å². The Bertz CT molecular complexity index is 347. The summed E-state index contributed by atoms with van der Waals surface area (Å²) < 4.78 is 24.2. The van der Waals surface area contributed by atoms with Crippen LogP contribution in [0.5, 0.6) is 5.88 Å². The molecule has 0 aliphatic heterocycles. The normalized spacial score (nSPS) is 12.5. The minimum absolute atomic E-state index is 0.0324. The van der Waals surface area contributed by atoms with E-state index in [2.05, 4.69) is 10.3 Å². The second kappa shape index (κ2) is 7.19. The zero-order valence-corrected chi connectivity index (χ0v) is 10.5. The lowest BCUT2D eigenvalue weighted by Crippen LogP contribution is -2.20. The summed E-state index contributed by atoms with van der Waals surface area (Å²) in [6, 6.07) is 1.64. The van der Waals surface area contributed by atoms with E-state index in [0.29, 0.717) is 18.7 Å². The zero-order chi connectivity index (χ0) is 12.7. The van der Waals surface area contributed by atoms with Crippen LogP contribution in [0.15, 0.2) is 12.3 Å². The van der Waals surface area contributed by atoms with Crippen molar-refractivity contribution in [1.82, 2.24) is 10.3 Å². The fourth-order valence-electron chi connectivity index (χ4n) is 1.40. The maximum atomic E-state index is 13.9. The summed E-state index contributed by atoms with van der Waals surface area (Å²) in [5, 5.41) is 3.06. The molecule has 0 amide bonds. The molecule has 5 heteroatoms. The van der Waals surface area contributed by atoms with Crippen molar-refractivity contribution in [2.75, 3.05) is 20.3 Å². The van der Waals surface area contributed by atoms with E-state index in [1.807, 2.05) is 13.8 Å². The van der Waals surface area contributed by atoms with Crippen LogP contribution in [0.2, 0.25) is 0 Å². The van der Waals surface area contributed by atoms with Gasteiger partial charge in [-0.3, -0.25) is 0 Å². The van der Waals surface area contributed by atoms with Crippen molar-refractivity contribution < 1.29 is 13.9 Å². The van der Waals surface area contributed by atoms with Crippen LogP contribution in [-0.2, 0) is 11.3 Å². The minimum atomic E-state index is -0.406. The van der Waals surface area contributed by atoms with Gasteiger partial charge in [0.25, 0.3) is 5.88 Å². The standard InChI is InChI=1S/C12H19FN2O2/c1-4-14-7-10-5-6-15-12(11(10)13)17-9(2)8-16-3/h5-6,9,14H,4,7-8H2,1-3H3. The summed E-state index contributed by atoms with van der Waals surface area (Å²) in [5.41, 5.74) is 0.557. The highest BCUT2D eigenvalue weighted by Crippen LogP contribution is 2.18.